The molecule has 2 atom stereocenters. The predicted octanol–water partition coefficient (Wildman–Crippen LogP) is 7.09. The Balaban J connectivity index is 1.91. The van der Waals surface area contributed by atoms with E-state index in [0.29, 0.717) is 27.8 Å². The second kappa shape index (κ2) is 14.5. The summed E-state index contributed by atoms with van der Waals surface area (Å²) >= 11 is 14.5. The Morgan fingerprint density at radius 3 is 2.24 bits per heavy atom. The van der Waals surface area contributed by atoms with Gasteiger partial charge in [0.25, 0.3) is 0 Å². The molecule has 0 aliphatic rings. The third-order valence-corrected chi connectivity index (χ3v) is 8.08. The van der Waals surface area contributed by atoms with E-state index in [1.165, 1.54) is 11.1 Å². The summed E-state index contributed by atoms with van der Waals surface area (Å²) in [6.45, 7) is 6.20. The minimum Gasteiger partial charge on any atom is -0.352 e. The summed E-state index contributed by atoms with van der Waals surface area (Å²) in [6.07, 6.45) is 1.18. The molecule has 0 bridgehead atoms. The van der Waals surface area contributed by atoms with E-state index in [9.17, 15) is 9.59 Å². The van der Waals surface area contributed by atoms with E-state index in [0.717, 1.165) is 12.0 Å². The van der Waals surface area contributed by atoms with Gasteiger partial charge in [0.2, 0.25) is 11.8 Å². The molecule has 3 aromatic rings. The Kier molecular flexibility index (Phi) is 11.4. The van der Waals surface area contributed by atoms with Crippen LogP contribution in [-0.2, 0) is 28.3 Å². The molecule has 3 rings (SSSR count). The van der Waals surface area contributed by atoms with Gasteiger partial charge in [0.15, 0.2) is 0 Å². The lowest BCUT2D eigenvalue weighted by molar-refractivity contribution is -0.139. The number of carbonyl (C=O) groups is 2. The van der Waals surface area contributed by atoms with Gasteiger partial charge >= 0.3 is 0 Å². The molecule has 196 valence electrons. The van der Waals surface area contributed by atoms with Gasteiger partial charge in [0.05, 0.1) is 5.75 Å². The van der Waals surface area contributed by atoms with Crippen molar-refractivity contribution in [3.05, 3.63) is 105 Å². The van der Waals surface area contributed by atoms with Crippen LogP contribution in [0.2, 0.25) is 10.0 Å². The fourth-order valence-corrected chi connectivity index (χ4v) is 5.46. The van der Waals surface area contributed by atoms with Crippen LogP contribution in [0.3, 0.4) is 0 Å². The van der Waals surface area contributed by atoms with Crippen LogP contribution in [0.15, 0.2) is 72.8 Å². The van der Waals surface area contributed by atoms with Crippen molar-refractivity contribution < 1.29 is 9.59 Å². The minimum atomic E-state index is -0.713. The van der Waals surface area contributed by atoms with E-state index >= 15 is 0 Å². The number of benzene rings is 3. The van der Waals surface area contributed by atoms with Gasteiger partial charge in [0.1, 0.15) is 6.04 Å². The molecule has 0 heterocycles. The van der Waals surface area contributed by atoms with Crippen molar-refractivity contribution >= 4 is 46.8 Å². The maximum Gasteiger partial charge on any atom is 0.243 e. The summed E-state index contributed by atoms with van der Waals surface area (Å²) in [4.78, 5) is 29.0. The zero-order chi connectivity index (χ0) is 26.8. The van der Waals surface area contributed by atoms with Crippen molar-refractivity contribution in [2.24, 2.45) is 0 Å². The summed E-state index contributed by atoms with van der Waals surface area (Å²) in [6, 6.07) is 22.5. The zero-order valence-electron chi connectivity index (χ0n) is 21.5. The molecule has 0 radical (unpaired) electrons. The van der Waals surface area contributed by atoms with Crippen LogP contribution in [0.1, 0.15) is 42.5 Å². The molecular formula is C30H34Cl2N2O2S. The molecule has 0 aliphatic heterocycles. The Morgan fingerprint density at radius 2 is 1.59 bits per heavy atom. The fraction of sp³-hybridized carbons (Fsp3) is 0.333. The highest BCUT2D eigenvalue weighted by molar-refractivity contribution is 7.99. The van der Waals surface area contributed by atoms with Gasteiger partial charge in [-0.15, -0.1) is 11.8 Å². The molecule has 0 spiro atoms. The maximum absolute atomic E-state index is 13.8. The summed E-state index contributed by atoms with van der Waals surface area (Å²) in [5, 5.41) is 4.03. The molecular weight excluding hydrogens is 523 g/mol. The summed E-state index contributed by atoms with van der Waals surface area (Å²) in [7, 11) is 0. The fourth-order valence-electron chi connectivity index (χ4n) is 3.95. The average Bonchev–Trinajstić information content (AvgIpc) is 2.89. The largest absolute Gasteiger partial charge is 0.352 e. The van der Waals surface area contributed by atoms with Crippen LogP contribution in [0, 0.1) is 6.92 Å². The number of amides is 2. The SMILES string of the molecule is CC[C@@H](C)NC(=O)[C@H](Cc1ccccc1)N(Cc1c(Cl)cccc1Cl)C(=O)CSCc1ccccc1C. The van der Waals surface area contributed by atoms with E-state index < -0.39 is 6.04 Å². The number of nitrogens with one attached hydrogen (secondary N) is 1. The lowest BCUT2D eigenvalue weighted by Crippen LogP contribution is -2.52. The Labute approximate surface area is 234 Å². The van der Waals surface area contributed by atoms with Crippen LogP contribution in [0.4, 0.5) is 0 Å². The van der Waals surface area contributed by atoms with Crippen molar-refractivity contribution in [1.29, 1.82) is 0 Å². The second-order valence-electron chi connectivity index (χ2n) is 9.16. The number of hydrogen-bond donors (Lipinski definition) is 1. The molecule has 37 heavy (non-hydrogen) atoms. The highest BCUT2D eigenvalue weighted by Crippen LogP contribution is 2.28. The van der Waals surface area contributed by atoms with Gasteiger partial charge in [0, 0.05) is 40.4 Å². The maximum atomic E-state index is 13.8. The normalized spacial score (nSPS) is 12.6. The molecule has 3 aromatic carbocycles. The van der Waals surface area contributed by atoms with Crippen LogP contribution in [0.25, 0.3) is 0 Å². The molecule has 1 N–H and O–H groups in total. The number of carbonyl (C=O) groups excluding carboxylic acids is 2. The Morgan fingerprint density at radius 1 is 0.946 bits per heavy atom. The van der Waals surface area contributed by atoms with E-state index in [1.807, 2.05) is 56.3 Å². The Bertz CT molecular complexity index is 1170. The number of thioether (sulfide) groups is 1. The highest BCUT2D eigenvalue weighted by Gasteiger charge is 2.31. The van der Waals surface area contributed by atoms with Crippen molar-refractivity contribution in [3.8, 4) is 0 Å². The molecule has 2 amide bonds. The lowest BCUT2D eigenvalue weighted by atomic mass is 10.0. The molecule has 0 saturated carbocycles. The molecule has 0 unspecified atom stereocenters. The molecule has 7 heteroatoms. The standard InChI is InChI=1S/C30H34Cl2N2O2S/c1-4-22(3)33-30(36)28(17-23-12-6-5-7-13-23)34(18-25-26(31)15-10-16-27(25)32)29(35)20-37-19-24-14-9-8-11-21(24)2/h5-16,22,28H,4,17-20H2,1-3H3,(H,33,36)/t22-,28+/m1/s1. The van der Waals surface area contributed by atoms with Gasteiger partial charge in [-0.25, -0.2) is 0 Å². The zero-order valence-corrected chi connectivity index (χ0v) is 23.9. The van der Waals surface area contributed by atoms with E-state index in [4.69, 9.17) is 23.2 Å². The van der Waals surface area contributed by atoms with E-state index in [1.54, 1.807) is 34.9 Å². The summed E-state index contributed by atoms with van der Waals surface area (Å²) < 4.78 is 0. The first-order chi connectivity index (χ1) is 17.8. The first kappa shape index (κ1) is 29.1. The first-order valence-corrected chi connectivity index (χ1v) is 14.4. The smallest absolute Gasteiger partial charge is 0.243 e. The summed E-state index contributed by atoms with van der Waals surface area (Å²) in [5.74, 6) is 0.633. The van der Waals surface area contributed by atoms with Crippen LogP contribution in [0.5, 0.6) is 0 Å². The Hall–Kier alpha value is -2.47. The number of nitrogens with zero attached hydrogens (tertiary/aromatic N) is 1. The van der Waals surface area contributed by atoms with Crippen molar-refractivity contribution in [1.82, 2.24) is 10.2 Å². The van der Waals surface area contributed by atoms with Gasteiger partial charge in [-0.3, -0.25) is 9.59 Å². The number of rotatable bonds is 12. The number of halogens is 2. The van der Waals surface area contributed by atoms with Gasteiger partial charge in [-0.05, 0) is 49.1 Å². The molecule has 0 aromatic heterocycles. The van der Waals surface area contributed by atoms with Crippen molar-refractivity contribution in [3.63, 3.8) is 0 Å². The van der Waals surface area contributed by atoms with E-state index in [2.05, 4.69) is 24.4 Å². The lowest BCUT2D eigenvalue weighted by Gasteiger charge is -2.32. The predicted molar refractivity (Wildman–Crippen MR) is 156 cm³/mol. The first-order valence-electron chi connectivity index (χ1n) is 12.5. The third kappa shape index (κ3) is 8.53. The number of aryl methyl sites for hydroxylation is 1. The summed E-state index contributed by atoms with van der Waals surface area (Å²) in [5.41, 5.74) is 3.99. The van der Waals surface area contributed by atoms with E-state index in [-0.39, 0.29) is 30.2 Å². The van der Waals surface area contributed by atoms with Crippen LogP contribution < -0.4 is 5.32 Å². The van der Waals surface area contributed by atoms with Gasteiger partial charge < -0.3 is 10.2 Å². The van der Waals surface area contributed by atoms with Crippen LogP contribution >= 0.6 is 35.0 Å². The topological polar surface area (TPSA) is 49.4 Å². The molecule has 0 saturated heterocycles. The highest BCUT2D eigenvalue weighted by atomic mass is 35.5. The van der Waals surface area contributed by atoms with Gasteiger partial charge in [-0.2, -0.15) is 0 Å². The monoisotopic (exact) mass is 556 g/mol. The van der Waals surface area contributed by atoms with Gasteiger partial charge in [-0.1, -0.05) is 90.8 Å². The minimum absolute atomic E-state index is 0.0120. The third-order valence-electron chi connectivity index (χ3n) is 6.41. The molecule has 0 fully saturated rings. The van der Waals surface area contributed by atoms with Crippen molar-refractivity contribution in [2.45, 2.75) is 58.0 Å². The molecule has 4 nitrogen and oxygen atoms in total. The van der Waals surface area contributed by atoms with Crippen molar-refractivity contribution in [2.75, 3.05) is 5.75 Å². The quantitative estimate of drug-likeness (QED) is 0.259. The second-order valence-corrected chi connectivity index (χ2v) is 11.0. The number of hydrogen-bond acceptors (Lipinski definition) is 3. The average molecular weight is 558 g/mol. The van der Waals surface area contributed by atoms with Crippen LogP contribution in [-0.4, -0.2) is 34.6 Å². The molecule has 0 aliphatic carbocycles.